The monoisotopic (exact) mass is 296 g/mol. The molecule has 1 aromatic rings. The number of hydrogen-bond acceptors (Lipinski definition) is 3. The van der Waals surface area contributed by atoms with E-state index in [1.165, 1.54) is 23.8 Å². The van der Waals surface area contributed by atoms with Crippen LogP contribution in [0.1, 0.15) is 13.3 Å². The van der Waals surface area contributed by atoms with Gasteiger partial charge in [-0.25, -0.2) is 4.79 Å². The Labute approximate surface area is 120 Å². The van der Waals surface area contributed by atoms with Crippen LogP contribution in [-0.4, -0.2) is 30.3 Å². The maximum Gasteiger partial charge on any atom is 0.586 e. The van der Waals surface area contributed by atoms with Gasteiger partial charge >= 0.3 is 12.3 Å². The predicted molar refractivity (Wildman–Crippen MR) is 71.6 cm³/mol. The van der Waals surface area contributed by atoms with Crippen LogP contribution in [0.4, 0.5) is 19.3 Å². The summed E-state index contributed by atoms with van der Waals surface area (Å²) in [5.74, 6) is -0.137. The van der Waals surface area contributed by atoms with E-state index in [-0.39, 0.29) is 17.5 Å². The predicted octanol–water partition coefficient (Wildman–Crippen LogP) is 3.19. The smallest absolute Gasteiger partial charge is 0.395 e. The van der Waals surface area contributed by atoms with Gasteiger partial charge in [-0.2, -0.15) is 0 Å². The minimum Gasteiger partial charge on any atom is -0.395 e. The highest BCUT2D eigenvalue weighted by Crippen LogP contribution is 2.42. The minimum absolute atomic E-state index is 0.0467. The Morgan fingerprint density at radius 2 is 2.10 bits per heavy atom. The second kappa shape index (κ2) is 4.91. The third kappa shape index (κ3) is 2.91. The Bertz CT molecular complexity index is 616. The van der Waals surface area contributed by atoms with Gasteiger partial charge in [-0.1, -0.05) is 11.6 Å². The molecule has 0 atom stereocenters. The first-order valence-electron chi connectivity index (χ1n) is 6.54. The zero-order chi connectivity index (χ0) is 15.0. The van der Waals surface area contributed by atoms with Crippen molar-refractivity contribution < 1.29 is 23.0 Å². The molecule has 0 unspecified atom stereocenters. The molecule has 2 aliphatic heterocycles. The maximum atomic E-state index is 12.9. The molecule has 0 saturated carbocycles. The van der Waals surface area contributed by atoms with E-state index in [4.69, 9.17) is 0 Å². The summed E-state index contributed by atoms with van der Waals surface area (Å²) in [4.78, 5) is 13.7. The van der Waals surface area contributed by atoms with Gasteiger partial charge in [0.2, 0.25) is 0 Å². The quantitative estimate of drug-likeness (QED) is 0.810. The molecule has 0 spiro atoms. The zero-order valence-electron chi connectivity index (χ0n) is 11.4. The van der Waals surface area contributed by atoms with Gasteiger partial charge in [-0.15, -0.1) is 8.78 Å². The van der Waals surface area contributed by atoms with E-state index in [1.54, 1.807) is 4.90 Å². The van der Waals surface area contributed by atoms with Crippen LogP contribution in [-0.2, 0) is 0 Å². The number of nitrogens with one attached hydrogen (secondary N) is 1. The standard InChI is InChI=1S/C14H14F2N2O3/c1-9-4-6-18(7-5-9)13(19)17-10-2-3-11-12(8-10)21-14(15,16)20-11/h2-4,8H,5-7H2,1H3,(H,17,19). The molecule has 0 saturated heterocycles. The van der Waals surface area contributed by atoms with Crippen molar-refractivity contribution in [3.8, 4) is 11.5 Å². The first-order valence-corrected chi connectivity index (χ1v) is 6.54. The summed E-state index contributed by atoms with van der Waals surface area (Å²) in [6, 6.07) is 3.88. The number of hydrogen-bond donors (Lipinski definition) is 1. The molecule has 5 nitrogen and oxygen atoms in total. The Kier molecular flexibility index (Phi) is 3.19. The van der Waals surface area contributed by atoms with Crippen LogP contribution in [0, 0.1) is 0 Å². The van der Waals surface area contributed by atoms with Crippen molar-refractivity contribution in [2.45, 2.75) is 19.6 Å². The molecular formula is C14H14F2N2O3. The summed E-state index contributed by atoms with van der Waals surface area (Å²) in [5, 5.41) is 2.66. The number of benzene rings is 1. The highest BCUT2D eigenvalue weighted by Gasteiger charge is 2.43. The molecule has 1 aromatic carbocycles. The van der Waals surface area contributed by atoms with Gasteiger partial charge in [-0.05, 0) is 25.5 Å². The number of urea groups is 1. The van der Waals surface area contributed by atoms with Crippen LogP contribution in [0.2, 0.25) is 0 Å². The molecule has 7 heteroatoms. The van der Waals surface area contributed by atoms with E-state index in [0.717, 1.165) is 6.42 Å². The van der Waals surface area contributed by atoms with Gasteiger partial charge in [0.05, 0.1) is 0 Å². The van der Waals surface area contributed by atoms with Crippen molar-refractivity contribution in [3.63, 3.8) is 0 Å². The summed E-state index contributed by atoms with van der Waals surface area (Å²) < 4.78 is 34.5. The van der Waals surface area contributed by atoms with E-state index in [2.05, 4.69) is 14.8 Å². The van der Waals surface area contributed by atoms with Gasteiger partial charge in [0.15, 0.2) is 11.5 Å². The largest absolute Gasteiger partial charge is 0.586 e. The van der Waals surface area contributed by atoms with Crippen molar-refractivity contribution in [1.82, 2.24) is 4.90 Å². The first-order chi connectivity index (χ1) is 9.93. The van der Waals surface area contributed by atoms with Crippen molar-refractivity contribution >= 4 is 11.7 Å². The van der Waals surface area contributed by atoms with Crippen molar-refractivity contribution in [2.75, 3.05) is 18.4 Å². The molecule has 1 N–H and O–H groups in total. The van der Waals surface area contributed by atoms with Crippen LogP contribution >= 0.6 is 0 Å². The number of nitrogens with zero attached hydrogens (tertiary/aromatic N) is 1. The number of ether oxygens (including phenoxy) is 2. The lowest BCUT2D eigenvalue weighted by Crippen LogP contribution is -2.37. The van der Waals surface area contributed by atoms with Crippen molar-refractivity contribution in [3.05, 3.63) is 29.8 Å². The number of alkyl halides is 2. The van der Waals surface area contributed by atoms with Crippen molar-refractivity contribution in [1.29, 1.82) is 0 Å². The van der Waals surface area contributed by atoms with Gasteiger partial charge in [0.1, 0.15) is 0 Å². The lowest BCUT2D eigenvalue weighted by atomic mass is 10.1. The second-order valence-corrected chi connectivity index (χ2v) is 5.01. The van der Waals surface area contributed by atoms with Gasteiger partial charge < -0.3 is 19.7 Å². The molecule has 0 bridgehead atoms. The number of anilines is 1. The fraction of sp³-hybridized carbons (Fsp3) is 0.357. The van der Waals surface area contributed by atoms with Crippen molar-refractivity contribution in [2.24, 2.45) is 0 Å². The first kappa shape index (κ1) is 13.7. The number of amides is 2. The minimum atomic E-state index is -3.65. The number of fused-ring (bicyclic) bond motifs is 1. The molecule has 112 valence electrons. The molecule has 0 radical (unpaired) electrons. The van der Waals surface area contributed by atoms with Crippen LogP contribution in [0.25, 0.3) is 0 Å². The van der Waals surface area contributed by atoms with Crippen LogP contribution in [0.5, 0.6) is 11.5 Å². The summed E-state index contributed by atoms with van der Waals surface area (Å²) in [6.07, 6.45) is -0.829. The second-order valence-electron chi connectivity index (χ2n) is 5.01. The molecule has 3 rings (SSSR count). The molecule has 2 aliphatic rings. The Balaban J connectivity index is 1.68. The highest BCUT2D eigenvalue weighted by molar-refractivity contribution is 5.90. The van der Waals surface area contributed by atoms with Crippen LogP contribution in [0.15, 0.2) is 29.8 Å². The Morgan fingerprint density at radius 1 is 1.33 bits per heavy atom. The van der Waals surface area contributed by atoms with E-state index < -0.39 is 6.29 Å². The SMILES string of the molecule is CC1=CCN(C(=O)Nc2ccc3c(c2)OC(F)(F)O3)CC1. The average molecular weight is 296 g/mol. The van der Waals surface area contributed by atoms with Gasteiger partial charge in [0.25, 0.3) is 0 Å². The Hall–Kier alpha value is -2.31. The van der Waals surface area contributed by atoms with E-state index in [9.17, 15) is 13.6 Å². The molecular weight excluding hydrogens is 282 g/mol. The third-order valence-electron chi connectivity index (χ3n) is 3.38. The normalized spacial score (nSPS) is 19.2. The summed E-state index contributed by atoms with van der Waals surface area (Å²) in [6.45, 7) is 3.20. The summed E-state index contributed by atoms with van der Waals surface area (Å²) >= 11 is 0. The van der Waals surface area contributed by atoms with E-state index in [1.807, 2.05) is 13.0 Å². The number of rotatable bonds is 1. The number of halogens is 2. The fourth-order valence-corrected chi connectivity index (χ4v) is 2.18. The lowest BCUT2D eigenvalue weighted by Gasteiger charge is -2.25. The van der Waals surface area contributed by atoms with Gasteiger partial charge in [0, 0.05) is 24.8 Å². The topological polar surface area (TPSA) is 50.8 Å². The zero-order valence-corrected chi connectivity index (χ0v) is 11.4. The third-order valence-corrected chi connectivity index (χ3v) is 3.38. The average Bonchev–Trinajstić information content (AvgIpc) is 2.72. The maximum absolute atomic E-state index is 12.9. The van der Waals surface area contributed by atoms with Crippen LogP contribution in [0.3, 0.4) is 0 Å². The summed E-state index contributed by atoms with van der Waals surface area (Å²) in [5.41, 5.74) is 1.63. The van der Waals surface area contributed by atoms with E-state index in [0.29, 0.717) is 18.8 Å². The molecule has 2 heterocycles. The molecule has 2 amide bonds. The lowest BCUT2D eigenvalue weighted by molar-refractivity contribution is -0.286. The number of carbonyl (C=O) groups excluding carboxylic acids is 1. The van der Waals surface area contributed by atoms with Crippen LogP contribution < -0.4 is 14.8 Å². The molecule has 0 aliphatic carbocycles. The molecule has 0 aromatic heterocycles. The van der Waals surface area contributed by atoms with E-state index >= 15 is 0 Å². The van der Waals surface area contributed by atoms with Gasteiger partial charge in [-0.3, -0.25) is 0 Å². The fourth-order valence-electron chi connectivity index (χ4n) is 2.18. The molecule has 21 heavy (non-hydrogen) atoms. The Morgan fingerprint density at radius 3 is 2.81 bits per heavy atom. The molecule has 0 fully saturated rings. The highest BCUT2D eigenvalue weighted by atomic mass is 19.3. The summed E-state index contributed by atoms with van der Waals surface area (Å²) in [7, 11) is 0. The number of carbonyl (C=O) groups is 1.